The van der Waals surface area contributed by atoms with Crippen molar-refractivity contribution in [3.63, 3.8) is 0 Å². The molecule has 3 aliphatic rings. The smallest absolute Gasteiger partial charge is 0.653 e. The summed E-state index contributed by atoms with van der Waals surface area (Å²) in [4.78, 5) is 0. The third kappa shape index (κ3) is 19.6. The molecule has 3 unspecified atom stereocenters. The Morgan fingerprint density at radius 3 is 1.22 bits per heavy atom. The zero-order chi connectivity index (χ0) is 35.9. The zero-order valence-electron chi connectivity index (χ0n) is 29.5. The van der Waals surface area contributed by atoms with Crippen molar-refractivity contribution in [1.29, 1.82) is 0 Å². The minimum absolute atomic E-state index is 0. The van der Waals surface area contributed by atoms with Gasteiger partial charge in [0.2, 0.25) is 0 Å². The predicted octanol–water partition coefficient (Wildman–Crippen LogP) is 4.26. The van der Waals surface area contributed by atoms with E-state index in [0.29, 0.717) is 51.8 Å². The second-order valence-electron chi connectivity index (χ2n) is 11.1. The Balaban J connectivity index is 0. The first-order valence-corrected chi connectivity index (χ1v) is 15.8. The number of oxime groups is 3. The molecule has 0 bridgehead atoms. The molecule has 2 saturated heterocycles. The Morgan fingerprint density at radius 2 is 0.920 bits per heavy atom. The largest absolute Gasteiger partial charge is 3.00 e. The fourth-order valence-electron chi connectivity index (χ4n) is 3.85. The average molecular weight is 788 g/mol. The van der Waals surface area contributed by atoms with Gasteiger partial charge < -0.3 is 48.8 Å². The van der Waals surface area contributed by atoms with Crippen LogP contribution >= 0.6 is 0 Å². The number of nitrogens with zero attached hydrogens (tertiary/aromatic N) is 12. The van der Waals surface area contributed by atoms with Crippen LogP contribution < -0.4 is 17.2 Å². The van der Waals surface area contributed by atoms with Gasteiger partial charge in [0.25, 0.3) is 0 Å². The Bertz CT molecular complexity index is 1250. The summed E-state index contributed by atoms with van der Waals surface area (Å²) in [6.07, 6.45) is 11.3. The Labute approximate surface area is 315 Å². The summed E-state index contributed by atoms with van der Waals surface area (Å²) in [6, 6.07) is -0.190. The topological polar surface area (TPSA) is 292 Å². The molecule has 0 aliphatic carbocycles. The van der Waals surface area contributed by atoms with Crippen LogP contribution in [0.25, 0.3) is 16.0 Å². The van der Waals surface area contributed by atoms with Gasteiger partial charge in [0, 0.05) is 0 Å². The van der Waals surface area contributed by atoms with Gasteiger partial charge in [-0.25, -0.2) is 0 Å². The standard InChI is InChI=1S/2C10H18N5O.C10H16N5O.2Ni/c3*1-7(8(2)15-16)13-14-10(11)9-5-3-4-6-12-9;;/h2*9,16H,3-6H2,1-2H3,(H2,11,14);3,5,9,16H,4,6H2,1-2H3,(H2,11,14);;/q3*-1;+2;+3/b3*13-7+,15-8+;;. The first kappa shape index (κ1) is 48.6. The Morgan fingerprint density at radius 1 is 0.540 bits per heavy atom. The predicted molar refractivity (Wildman–Crippen MR) is 196 cm³/mol. The van der Waals surface area contributed by atoms with Gasteiger partial charge in [0.05, 0.1) is 34.3 Å². The molecule has 0 aromatic carbocycles. The molecule has 0 spiro atoms. The summed E-state index contributed by atoms with van der Waals surface area (Å²) in [5.41, 5.74) is 20.2. The summed E-state index contributed by atoms with van der Waals surface area (Å²) in [5, 5.41) is 71.0. The molecule has 3 rings (SSSR count). The maximum Gasteiger partial charge on any atom is 3.00 e. The van der Waals surface area contributed by atoms with Gasteiger partial charge >= 0.3 is 33.0 Å². The first-order valence-electron chi connectivity index (χ1n) is 15.8. The van der Waals surface area contributed by atoms with Crippen LogP contribution in [0, 0.1) is 0 Å². The van der Waals surface area contributed by atoms with Gasteiger partial charge in [-0.2, -0.15) is 15.3 Å². The van der Waals surface area contributed by atoms with Crippen molar-refractivity contribution in [1.82, 2.24) is 0 Å². The van der Waals surface area contributed by atoms with E-state index in [0.717, 1.165) is 64.6 Å². The van der Waals surface area contributed by atoms with Crippen LogP contribution in [0.1, 0.15) is 86.5 Å². The van der Waals surface area contributed by atoms with Gasteiger partial charge in [0.1, 0.15) is 17.5 Å². The molecule has 3 atom stereocenters. The number of piperidine rings is 2. The van der Waals surface area contributed by atoms with E-state index in [4.69, 9.17) is 32.8 Å². The summed E-state index contributed by atoms with van der Waals surface area (Å²) < 4.78 is 0. The molecule has 1 radical (unpaired) electrons. The number of rotatable bonds is 9. The molecular formula is C30H52N15Ni2O3+2. The van der Waals surface area contributed by atoms with Crippen LogP contribution in [-0.4, -0.2) is 105 Å². The minimum Gasteiger partial charge on any atom is -0.653 e. The molecule has 20 heteroatoms. The third-order valence-corrected chi connectivity index (χ3v) is 7.36. The first-order chi connectivity index (χ1) is 22.9. The van der Waals surface area contributed by atoms with Crippen molar-refractivity contribution in [2.24, 2.45) is 63.3 Å². The molecule has 3 heterocycles. The minimum atomic E-state index is -0.184. The van der Waals surface area contributed by atoms with Crippen LogP contribution in [0.4, 0.5) is 0 Å². The summed E-state index contributed by atoms with van der Waals surface area (Å²) in [6.45, 7) is 12.5. The van der Waals surface area contributed by atoms with E-state index < -0.39 is 0 Å². The molecule has 3 aliphatic heterocycles. The van der Waals surface area contributed by atoms with Crippen molar-refractivity contribution in [2.45, 2.75) is 105 Å². The summed E-state index contributed by atoms with van der Waals surface area (Å²) >= 11 is 0. The molecule has 0 aromatic heterocycles. The van der Waals surface area contributed by atoms with Gasteiger partial charge in [0.15, 0.2) is 0 Å². The third-order valence-electron chi connectivity index (χ3n) is 7.36. The molecule has 0 saturated carbocycles. The van der Waals surface area contributed by atoms with Crippen molar-refractivity contribution >= 4 is 51.8 Å². The van der Waals surface area contributed by atoms with E-state index in [9.17, 15) is 0 Å². The van der Waals surface area contributed by atoms with Crippen LogP contribution in [0.2, 0.25) is 0 Å². The molecule has 283 valence electrons. The number of hydrogen-bond donors (Lipinski definition) is 6. The normalized spacial score (nSPS) is 23.3. The Kier molecular flexibility index (Phi) is 27.4. The quantitative estimate of drug-likeness (QED) is 0.0495. The zero-order valence-corrected chi connectivity index (χ0v) is 31.5. The van der Waals surface area contributed by atoms with Crippen LogP contribution in [0.5, 0.6) is 0 Å². The van der Waals surface area contributed by atoms with Crippen molar-refractivity contribution in [3.05, 3.63) is 28.1 Å². The molecular weight excluding hydrogens is 736 g/mol. The number of amidine groups is 3. The molecule has 0 aromatic rings. The maximum atomic E-state index is 8.53. The number of nitrogens with two attached hydrogens (primary N) is 3. The summed E-state index contributed by atoms with van der Waals surface area (Å²) in [7, 11) is 0. The summed E-state index contributed by atoms with van der Waals surface area (Å²) in [5.74, 6) is 1.22. The molecule has 50 heavy (non-hydrogen) atoms. The van der Waals surface area contributed by atoms with Crippen LogP contribution in [0.15, 0.2) is 58.2 Å². The second-order valence-corrected chi connectivity index (χ2v) is 11.1. The van der Waals surface area contributed by atoms with Crippen molar-refractivity contribution in [3.8, 4) is 0 Å². The van der Waals surface area contributed by atoms with E-state index >= 15 is 0 Å². The SMILES string of the molecule is CC(=N\O)/C(C)=N/N=C(N)C1C=CCC[N-]1.CC(=N\O)/C(C)=N/N=C(N)C1CCCC[N-]1.CC(=N\O)/C(C)=N/N=C(N)C1CCCC[N-]1.[Ni+2].[Ni+3]. The second kappa shape index (κ2) is 28.2. The Hall–Kier alpha value is -3.56. The van der Waals surface area contributed by atoms with Crippen LogP contribution in [-0.2, 0) is 33.0 Å². The van der Waals surface area contributed by atoms with Crippen LogP contribution in [0.3, 0.4) is 0 Å². The molecule has 2 fully saturated rings. The molecule has 18 nitrogen and oxygen atoms in total. The van der Waals surface area contributed by atoms with Gasteiger partial charge in [-0.15, -0.1) is 34.9 Å². The average Bonchev–Trinajstić information content (AvgIpc) is 3.14. The van der Waals surface area contributed by atoms with E-state index in [1.807, 2.05) is 12.2 Å². The number of hydrogen-bond acceptors (Lipinski definition) is 12. The van der Waals surface area contributed by atoms with Gasteiger partial charge in [-0.05, 0) is 41.5 Å². The van der Waals surface area contributed by atoms with E-state index in [2.05, 4.69) is 62.0 Å². The fraction of sp³-hybridized carbons (Fsp3) is 0.633. The molecule has 0 amide bonds. The van der Waals surface area contributed by atoms with E-state index in [1.165, 1.54) is 0 Å². The van der Waals surface area contributed by atoms with E-state index in [1.54, 1.807) is 41.5 Å². The van der Waals surface area contributed by atoms with Gasteiger partial charge in [-0.1, -0.05) is 90.7 Å². The molecule has 9 N–H and O–H groups in total. The van der Waals surface area contributed by atoms with Gasteiger partial charge in [-0.3, -0.25) is 0 Å². The van der Waals surface area contributed by atoms with Crippen molar-refractivity contribution in [2.75, 3.05) is 19.6 Å². The van der Waals surface area contributed by atoms with Crippen molar-refractivity contribution < 1.29 is 48.6 Å². The maximum absolute atomic E-state index is 8.53. The fourth-order valence-corrected chi connectivity index (χ4v) is 3.85. The van der Waals surface area contributed by atoms with E-state index in [-0.39, 0.29) is 51.1 Å². The monoisotopic (exact) mass is 786 g/mol.